The van der Waals surface area contributed by atoms with E-state index in [1.54, 1.807) is 0 Å². The molecule has 0 aliphatic rings. The summed E-state index contributed by atoms with van der Waals surface area (Å²) in [6, 6.07) is 0. The molecule has 0 aromatic heterocycles. The molecule has 14 heavy (non-hydrogen) atoms. The van der Waals surface area contributed by atoms with Gasteiger partial charge in [0.05, 0.1) is 6.61 Å². The Bertz CT molecular complexity index is 221. The van der Waals surface area contributed by atoms with Crippen LogP contribution in [0.2, 0.25) is 0 Å². The third-order valence-electron chi connectivity index (χ3n) is 1.68. The first-order chi connectivity index (χ1) is 6.57. The van der Waals surface area contributed by atoms with Crippen LogP contribution in [0.1, 0.15) is 25.7 Å². The van der Waals surface area contributed by atoms with Crippen molar-refractivity contribution in [2.24, 2.45) is 0 Å². The Kier molecular flexibility index (Phi) is 6.57. The largest absolute Gasteiger partial charge is 0.476 e. The highest BCUT2D eigenvalue weighted by atomic mass is 16.5. The molecule has 0 aliphatic carbocycles. The molecular weight excluding hydrogens is 188 g/mol. The second-order valence-corrected chi connectivity index (χ2v) is 2.86. The molecule has 5 nitrogen and oxygen atoms in total. The fourth-order valence-corrected chi connectivity index (χ4v) is 0.894. The number of hydrogen-bond donors (Lipinski definition) is 1. The van der Waals surface area contributed by atoms with Crippen LogP contribution >= 0.6 is 0 Å². The standard InChI is InChI=1S/C9H14O5/c1-14-6-5-7(10)3-2-4-8(11)9(12)13/h2-6H2,1H3,(H,12,13). The number of carboxylic acid groups (broad SMARTS) is 1. The highest BCUT2D eigenvalue weighted by molar-refractivity contribution is 6.32. The summed E-state index contributed by atoms with van der Waals surface area (Å²) in [5.74, 6) is -2.29. The SMILES string of the molecule is COCCC(=O)CCCC(=O)C(=O)O. The third-order valence-corrected chi connectivity index (χ3v) is 1.68. The molecule has 0 aromatic rings. The van der Waals surface area contributed by atoms with E-state index in [1.165, 1.54) is 7.11 Å². The van der Waals surface area contributed by atoms with Gasteiger partial charge in [-0.1, -0.05) is 0 Å². The lowest BCUT2D eigenvalue weighted by Crippen LogP contribution is -2.12. The summed E-state index contributed by atoms with van der Waals surface area (Å²) in [5.41, 5.74) is 0. The predicted octanol–water partition coefficient (Wildman–Crippen LogP) is 0.416. The summed E-state index contributed by atoms with van der Waals surface area (Å²) in [7, 11) is 1.50. The van der Waals surface area contributed by atoms with Crippen molar-refractivity contribution in [1.82, 2.24) is 0 Å². The molecule has 0 heterocycles. The van der Waals surface area contributed by atoms with Crippen LogP contribution in [0.3, 0.4) is 0 Å². The summed E-state index contributed by atoms with van der Waals surface area (Å²) < 4.78 is 4.70. The van der Waals surface area contributed by atoms with E-state index in [0.717, 1.165) is 0 Å². The number of hydrogen-bond acceptors (Lipinski definition) is 4. The van der Waals surface area contributed by atoms with Crippen molar-refractivity contribution in [1.29, 1.82) is 0 Å². The average molecular weight is 202 g/mol. The highest BCUT2D eigenvalue weighted by Crippen LogP contribution is 2.00. The van der Waals surface area contributed by atoms with Gasteiger partial charge in [0, 0.05) is 26.4 Å². The van der Waals surface area contributed by atoms with E-state index in [4.69, 9.17) is 9.84 Å². The maximum atomic E-state index is 11.0. The van der Waals surface area contributed by atoms with Crippen LogP contribution in [-0.2, 0) is 19.1 Å². The van der Waals surface area contributed by atoms with Gasteiger partial charge in [-0.25, -0.2) is 4.79 Å². The van der Waals surface area contributed by atoms with E-state index < -0.39 is 11.8 Å². The molecule has 0 aromatic carbocycles. The number of carboxylic acids is 1. The molecule has 0 fully saturated rings. The minimum atomic E-state index is -1.44. The molecule has 0 saturated heterocycles. The number of aliphatic carboxylic acids is 1. The van der Waals surface area contributed by atoms with E-state index in [0.29, 0.717) is 19.4 Å². The van der Waals surface area contributed by atoms with E-state index in [-0.39, 0.29) is 18.6 Å². The summed E-state index contributed by atoms with van der Waals surface area (Å²) in [5, 5.41) is 8.23. The van der Waals surface area contributed by atoms with Gasteiger partial charge in [0.2, 0.25) is 5.78 Å². The lowest BCUT2D eigenvalue weighted by atomic mass is 10.1. The monoisotopic (exact) mass is 202 g/mol. The van der Waals surface area contributed by atoms with Crippen LogP contribution in [0.5, 0.6) is 0 Å². The van der Waals surface area contributed by atoms with Crippen molar-refractivity contribution >= 4 is 17.5 Å². The van der Waals surface area contributed by atoms with E-state index >= 15 is 0 Å². The smallest absolute Gasteiger partial charge is 0.372 e. The molecule has 0 radical (unpaired) electrons. The molecule has 0 atom stereocenters. The number of ketones is 2. The Balaban J connectivity index is 3.49. The van der Waals surface area contributed by atoms with Crippen LogP contribution in [0, 0.1) is 0 Å². The molecular formula is C9H14O5. The van der Waals surface area contributed by atoms with Gasteiger partial charge in [0.15, 0.2) is 0 Å². The number of carbonyl (C=O) groups excluding carboxylic acids is 2. The van der Waals surface area contributed by atoms with Gasteiger partial charge in [-0.3, -0.25) is 9.59 Å². The molecule has 1 N–H and O–H groups in total. The van der Waals surface area contributed by atoms with Crippen LogP contribution in [0.25, 0.3) is 0 Å². The van der Waals surface area contributed by atoms with Gasteiger partial charge in [0.25, 0.3) is 0 Å². The molecule has 0 saturated carbocycles. The molecule has 5 heteroatoms. The van der Waals surface area contributed by atoms with Crippen molar-refractivity contribution in [2.45, 2.75) is 25.7 Å². The second kappa shape index (κ2) is 7.20. The zero-order chi connectivity index (χ0) is 11.0. The normalized spacial score (nSPS) is 9.79. The quantitative estimate of drug-likeness (QED) is 0.577. The van der Waals surface area contributed by atoms with Crippen molar-refractivity contribution in [3.05, 3.63) is 0 Å². The zero-order valence-electron chi connectivity index (χ0n) is 8.12. The Labute approximate surface area is 82.1 Å². The Morgan fingerprint density at radius 1 is 1.14 bits per heavy atom. The van der Waals surface area contributed by atoms with Gasteiger partial charge < -0.3 is 9.84 Å². The molecule has 0 unspecified atom stereocenters. The number of methoxy groups -OCH3 is 1. The van der Waals surface area contributed by atoms with Gasteiger partial charge >= 0.3 is 5.97 Å². The fourth-order valence-electron chi connectivity index (χ4n) is 0.894. The first-order valence-electron chi connectivity index (χ1n) is 4.34. The van der Waals surface area contributed by atoms with Gasteiger partial charge in [0.1, 0.15) is 5.78 Å². The molecule has 0 spiro atoms. The van der Waals surface area contributed by atoms with Crippen molar-refractivity contribution < 1.29 is 24.2 Å². The zero-order valence-corrected chi connectivity index (χ0v) is 8.12. The lowest BCUT2D eigenvalue weighted by Gasteiger charge is -1.98. The average Bonchev–Trinajstić information content (AvgIpc) is 2.14. The Hall–Kier alpha value is -1.23. The maximum Gasteiger partial charge on any atom is 0.372 e. The number of Topliss-reactive ketones (excluding diaryl/α,β-unsaturated/α-hetero) is 2. The molecule has 0 aliphatic heterocycles. The number of ether oxygens (including phenoxy) is 1. The van der Waals surface area contributed by atoms with Crippen molar-refractivity contribution in [3.8, 4) is 0 Å². The predicted molar refractivity (Wildman–Crippen MR) is 48.0 cm³/mol. The van der Waals surface area contributed by atoms with Crippen molar-refractivity contribution in [3.63, 3.8) is 0 Å². The number of carbonyl (C=O) groups is 3. The minimum absolute atomic E-state index is 0.00922. The third kappa shape index (κ3) is 6.30. The molecule has 0 rings (SSSR count). The molecule has 0 bridgehead atoms. The van der Waals surface area contributed by atoms with Crippen LogP contribution < -0.4 is 0 Å². The minimum Gasteiger partial charge on any atom is -0.476 e. The van der Waals surface area contributed by atoms with Gasteiger partial charge in [-0.15, -0.1) is 0 Å². The Morgan fingerprint density at radius 3 is 2.29 bits per heavy atom. The maximum absolute atomic E-state index is 11.0. The van der Waals surface area contributed by atoms with E-state index in [1.807, 2.05) is 0 Å². The van der Waals surface area contributed by atoms with Crippen LogP contribution in [-0.4, -0.2) is 36.4 Å². The van der Waals surface area contributed by atoms with Gasteiger partial charge in [-0.05, 0) is 6.42 Å². The first kappa shape index (κ1) is 12.8. The fraction of sp³-hybridized carbons (Fsp3) is 0.667. The number of rotatable bonds is 8. The first-order valence-corrected chi connectivity index (χ1v) is 4.34. The highest BCUT2D eigenvalue weighted by Gasteiger charge is 2.11. The van der Waals surface area contributed by atoms with E-state index in [9.17, 15) is 14.4 Å². The lowest BCUT2D eigenvalue weighted by molar-refractivity contribution is -0.149. The second-order valence-electron chi connectivity index (χ2n) is 2.86. The summed E-state index contributed by atoms with van der Waals surface area (Å²) in [4.78, 5) is 31.7. The van der Waals surface area contributed by atoms with Gasteiger partial charge in [-0.2, -0.15) is 0 Å². The van der Waals surface area contributed by atoms with E-state index in [2.05, 4.69) is 0 Å². The topological polar surface area (TPSA) is 80.7 Å². The molecule has 0 amide bonds. The summed E-state index contributed by atoms with van der Waals surface area (Å²) >= 11 is 0. The van der Waals surface area contributed by atoms with Crippen LogP contribution in [0.15, 0.2) is 0 Å². The van der Waals surface area contributed by atoms with Crippen molar-refractivity contribution in [2.75, 3.05) is 13.7 Å². The molecule has 80 valence electrons. The summed E-state index contributed by atoms with van der Waals surface area (Å²) in [6.45, 7) is 0.367. The summed E-state index contributed by atoms with van der Waals surface area (Å²) in [6.07, 6.45) is 0.780. The van der Waals surface area contributed by atoms with Crippen LogP contribution in [0.4, 0.5) is 0 Å². The Morgan fingerprint density at radius 2 is 1.79 bits per heavy atom.